The number of carbonyl (C=O) groups excluding carboxylic acids is 1. The van der Waals surface area contributed by atoms with Crippen molar-refractivity contribution in [3.63, 3.8) is 0 Å². The molecule has 0 spiro atoms. The van der Waals surface area contributed by atoms with Gasteiger partial charge in [-0.2, -0.15) is 0 Å². The Bertz CT molecular complexity index is 1050. The Kier molecular flexibility index (Phi) is 6.72. The number of phenolic OH excluding ortho intramolecular Hbond substituents is 2. The van der Waals surface area contributed by atoms with Crippen LogP contribution in [0, 0.1) is 5.92 Å². The van der Waals surface area contributed by atoms with Gasteiger partial charge in [-0.25, -0.2) is 0 Å². The fourth-order valence-corrected chi connectivity index (χ4v) is 4.08. The molecule has 0 saturated heterocycles. The van der Waals surface area contributed by atoms with Crippen LogP contribution in [-0.4, -0.2) is 36.5 Å². The molecular formula is C20H19Cl2N3O3S. The second-order valence-electron chi connectivity index (χ2n) is 6.85. The number of thioether (sulfide) groups is 1. The minimum absolute atomic E-state index is 0.0584. The van der Waals surface area contributed by atoms with Gasteiger partial charge in [-0.1, -0.05) is 48.8 Å². The van der Waals surface area contributed by atoms with Gasteiger partial charge in [0.25, 0.3) is 0 Å². The average Bonchev–Trinajstić information content (AvgIpc) is 3.01. The third kappa shape index (κ3) is 5.04. The van der Waals surface area contributed by atoms with Crippen LogP contribution in [0.4, 0.5) is 0 Å². The van der Waals surface area contributed by atoms with Crippen LogP contribution in [0.25, 0.3) is 11.4 Å². The van der Waals surface area contributed by atoms with Crippen molar-refractivity contribution in [2.24, 2.45) is 5.92 Å². The molecule has 0 radical (unpaired) electrons. The van der Waals surface area contributed by atoms with Gasteiger partial charge in [0.15, 0.2) is 16.8 Å². The van der Waals surface area contributed by atoms with Gasteiger partial charge in [-0.05, 0) is 36.2 Å². The number of halogens is 2. The van der Waals surface area contributed by atoms with Crippen LogP contribution < -0.4 is 0 Å². The van der Waals surface area contributed by atoms with Crippen molar-refractivity contribution in [3.05, 3.63) is 52.0 Å². The lowest BCUT2D eigenvalue weighted by molar-refractivity contribution is 0.102. The van der Waals surface area contributed by atoms with Crippen LogP contribution in [-0.2, 0) is 6.54 Å². The molecule has 2 aromatic carbocycles. The number of nitrogens with zero attached hydrogens (tertiary/aromatic N) is 3. The zero-order chi connectivity index (χ0) is 21.1. The fourth-order valence-electron chi connectivity index (χ4n) is 2.76. The number of phenols is 2. The number of aromatic hydroxyl groups is 2. The molecule has 3 rings (SSSR count). The maximum atomic E-state index is 12.5. The number of benzene rings is 2. The highest BCUT2D eigenvalue weighted by Crippen LogP contribution is 2.32. The summed E-state index contributed by atoms with van der Waals surface area (Å²) in [6.45, 7) is 4.78. The summed E-state index contributed by atoms with van der Waals surface area (Å²) < 4.78 is 1.93. The molecule has 2 N–H and O–H groups in total. The number of hydrogen-bond acceptors (Lipinski definition) is 6. The topological polar surface area (TPSA) is 88.2 Å². The first-order chi connectivity index (χ1) is 13.8. The zero-order valence-corrected chi connectivity index (χ0v) is 18.1. The van der Waals surface area contributed by atoms with Crippen molar-refractivity contribution in [3.8, 4) is 22.9 Å². The molecule has 0 aliphatic carbocycles. The summed E-state index contributed by atoms with van der Waals surface area (Å²) in [4.78, 5) is 12.5. The molecule has 0 amide bonds. The Balaban J connectivity index is 1.87. The third-order valence-electron chi connectivity index (χ3n) is 4.05. The number of Topliss-reactive ketones (excluding diaryl/α,β-unsaturated/α-hetero) is 1. The third-order valence-corrected chi connectivity index (χ3v) is 5.57. The molecule has 29 heavy (non-hydrogen) atoms. The van der Waals surface area contributed by atoms with Crippen LogP contribution in [0.3, 0.4) is 0 Å². The molecule has 0 aliphatic heterocycles. The van der Waals surface area contributed by atoms with Gasteiger partial charge < -0.3 is 14.8 Å². The highest BCUT2D eigenvalue weighted by Gasteiger charge is 2.20. The molecule has 6 nitrogen and oxygen atoms in total. The van der Waals surface area contributed by atoms with E-state index in [4.69, 9.17) is 23.2 Å². The van der Waals surface area contributed by atoms with Crippen LogP contribution in [0.2, 0.25) is 10.0 Å². The maximum absolute atomic E-state index is 12.5. The maximum Gasteiger partial charge on any atom is 0.191 e. The smallest absolute Gasteiger partial charge is 0.191 e. The summed E-state index contributed by atoms with van der Waals surface area (Å²) in [6, 6.07) is 9.07. The minimum Gasteiger partial charge on any atom is -0.508 e. The van der Waals surface area contributed by atoms with Crippen molar-refractivity contribution in [1.82, 2.24) is 14.8 Å². The van der Waals surface area contributed by atoms with E-state index in [1.54, 1.807) is 18.2 Å². The lowest BCUT2D eigenvalue weighted by atomic mass is 10.1. The number of carbonyl (C=O) groups is 1. The van der Waals surface area contributed by atoms with E-state index in [-0.39, 0.29) is 28.6 Å². The van der Waals surface area contributed by atoms with E-state index < -0.39 is 0 Å². The Morgan fingerprint density at radius 1 is 1.14 bits per heavy atom. The van der Waals surface area contributed by atoms with E-state index in [0.29, 0.717) is 39.1 Å². The molecule has 0 saturated carbocycles. The molecule has 0 aliphatic rings. The number of aromatic nitrogens is 3. The van der Waals surface area contributed by atoms with E-state index in [9.17, 15) is 15.0 Å². The van der Waals surface area contributed by atoms with Crippen LogP contribution in [0.5, 0.6) is 11.5 Å². The summed E-state index contributed by atoms with van der Waals surface area (Å²) in [6.07, 6.45) is 0. The van der Waals surface area contributed by atoms with E-state index >= 15 is 0 Å². The lowest BCUT2D eigenvalue weighted by Crippen LogP contribution is -2.09. The number of rotatable bonds is 7. The Labute approximate surface area is 182 Å². The predicted molar refractivity (Wildman–Crippen MR) is 115 cm³/mol. The monoisotopic (exact) mass is 451 g/mol. The molecule has 1 heterocycles. The summed E-state index contributed by atoms with van der Waals surface area (Å²) in [7, 11) is 0. The Morgan fingerprint density at radius 3 is 2.55 bits per heavy atom. The van der Waals surface area contributed by atoms with Gasteiger partial charge in [0.1, 0.15) is 11.5 Å². The van der Waals surface area contributed by atoms with Crippen molar-refractivity contribution in [2.75, 3.05) is 5.75 Å². The Hall–Kier alpha value is -2.22. The van der Waals surface area contributed by atoms with Crippen molar-refractivity contribution >= 4 is 40.7 Å². The molecule has 152 valence electrons. The van der Waals surface area contributed by atoms with Gasteiger partial charge in [0.05, 0.1) is 16.3 Å². The summed E-state index contributed by atoms with van der Waals surface area (Å²) in [5.74, 6) is 0.330. The SMILES string of the molecule is CC(C)Cn1c(SCC(=O)c2ccc(O)cc2O)nnc1-c1ccc(Cl)cc1Cl. The first-order valence-corrected chi connectivity index (χ1v) is 10.6. The van der Waals surface area contributed by atoms with Gasteiger partial charge in [0, 0.05) is 23.2 Å². The summed E-state index contributed by atoms with van der Waals surface area (Å²) >= 11 is 13.6. The summed E-state index contributed by atoms with van der Waals surface area (Å²) in [5.41, 5.74) is 0.852. The van der Waals surface area contributed by atoms with Crippen molar-refractivity contribution < 1.29 is 15.0 Å². The Morgan fingerprint density at radius 2 is 1.90 bits per heavy atom. The second kappa shape index (κ2) is 9.07. The quantitative estimate of drug-likeness (QED) is 0.374. The van der Waals surface area contributed by atoms with Crippen LogP contribution >= 0.6 is 35.0 Å². The average molecular weight is 452 g/mol. The van der Waals surface area contributed by atoms with Gasteiger partial charge in [-0.15, -0.1) is 10.2 Å². The van der Waals surface area contributed by atoms with Crippen molar-refractivity contribution in [1.29, 1.82) is 0 Å². The summed E-state index contributed by atoms with van der Waals surface area (Å²) in [5, 5.41) is 29.4. The van der Waals surface area contributed by atoms with Gasteiger partial charge in [-0.3, -0.25) is 4.79 Å². The molecule has 0 bridgehead atoms. The molecule has 1 aromatic heterocycles. The van der Waals surface area contributed by atoms with Crippen molar-refractivity contribution in [2.45, 2.75) is 25.5 Å². The molecule has 0 atom stereocenters. The normalized spacial score (nSPS) is 11.2. The first-order valence-electron chi connectivity index (χ1n) is 8.83. The van der Waals surface area contributed by atoms with E-state index in [1.807, 2.05) is 4.57 Å². The molecule has 0 unspecified atom stereocenters. The van der Waals surface area contributed by atoms with E-state index in [1.165, 1.54) is 23.9 Å². The second-order valence-corrected chi connectivity index (χ2v) is 8.63. The first kappa shape index (κ1) is 21.5. The van der Waals surface area contributed by atoms with Crippen LogP contribution in [0.15, 0.2) is 41.6 Å². The fraction of sp³-hybridized carbons (Fsp3) is 0.250. The molecule has 3 aromatic rings. The van der Waals surface area contributed by atoms with E-state index in [2.05, 4.69) is 24.0 Å². The highest BCUT2D eigenvalue weighted by atomic mass is 35.5. The predicted octanol–water partition coefficient (Wildman–Crippen LogP) is 5.29. The number of ketones is 1. The zero-order valence-electron chi connectivity index (χ0n) is 15.8. The van der Waals surface area contributed by atoms with Gasteiger partial charge >= 0.3 is 0 Å². The largest absolute Gasteiger partial charge is 0.508 e. The van der Waals surface area contributed by atoms with Crippen LogP contribution in [0.1, 0.15) is 24.2 Å². The molecule has 9 heteroatoms. The highest BCUT2D eigenvalue weighted by molar-refractivity contribution is 7.99. The molecular weight excluding hydrogens is 433 g/mol. The molecule has 0 fully saturated rings. The minimum atomic E-state index is -0.280. The van der Waals surface area contributed by atoms with Gasteiger partial charge in [0.2, 0.25) is 0 Å². The standard InChI is InChI=1S/C20H19Cl2N3O3S/c1-11(2)9-25-19(14-5-3-12(21)7-16(14)22)23-24-20(25)29-10-18(28)15-6-4-13(26)8-17(15)27/h3-8,11,26-27H,9-10H2,1-2H3. The van der Waals surface area contributed by atoms with E-state index in [0.717, 1.165) is 6.07 Å². The lowest BCUT2D eigenvalue weighted by Gasteiger charge is -2.13. The number of hydrogen-bond donors (Lipinski definition) is 2.